The number of methoxy groups -OCH3 is 1. The van der Waals surface area contributed by atoms with Gasteiger partial charge in [0.15, 0.2) is 12.4 Å². The molecule has 0 aromatic heterocycles. The number of hydrogen-bond donors (Lipinski definition) is 0. The largest absolute Gasteiger partial charge is 0.488 e. The number of esters is 1. The fourth-order valence-corrected chi connectivity index (χ4v) is 2.01. The van der Waals surface area contributed by atoms with Gasteiger partial charge in [0.2, 0.25) is 0 Å². The summed E-state index contributed by atoms with van der Waals surface area (Å²) in [7, 11) is 1.28. The van der Waals surface area contributed by atoms with Crippen molar-refractivity contribution in [2.45, 2.75) is 19.6 Å². The van der Waals surface area contributed by atoms with Gasteiger partial charge in [-0.15, -0.1) is 0 Å². The highest BCUT2D eigenvalue weighted by Gasteiger charge is 2.18. The van der Waals surface area contributed by atoms with Crippen LogP contribution in [0.15, 0.2) is 48.5 Å². The van der Waals surface area contributed by atoms with E-state index in [1.807, 2.05) is 30.3 Å². The molecule has 1 atom stereocenters. The van der Waals surface area contributed by atoms with Crippen LogP contribution in [-0.2, 0) is 16.1 Å². The number of hydrogen-bond acceptors (Lipinski definition) is 5. The highest BCUT2D eigenvalue weighted by atomic mass is 16.6. The van der Waals surface area contributed by atoms with Gasteiger partial charge >= 0.3 is 5.97 Å². The predicted molar refractivity (Wildman–Crippen MR) is 84.7 cm³/mol. The molecule has 0 saturated carbocycles. The van der Waals surface area contributed by atoms with E-state index in [-0.39, 0.29) is 11.3 Å². The van der Waals surface area contributed by atoms with E-state index >= 15 is 0 Å². The Bertz CT molecular complexity index is 666. The van der Waals surface area contributed by atoms with Crippen molar-refractivity contribution in [1.82, 2.24) is 0 Å². The minimum Gasteiger partial charge on any atom is -0.488 e. The molecule has 120 valence electrons. The fourth-order valence-electron chi connectivity index (χ4n) is 2.01. The molecular formula is C18H18O5. The Kier molecular flexibility index (Phi) is 5.74. The Morgan fingerprint density at radius 1 is 1.09 bits per heavy atom. The topological polar surface area (TPSA) is 61.8 Å². The van der Waals surface area contributed by atoms with Crippen molar-refractivity contribution in [1.29, 1.82) is 0 Å². The van der Waals surface area contributed by atoms with Gasteiger partial charge in [0.05, 0.1) is 12.7 Å². The molecule has 1 unspecified atom stereocenters. The van der Waals surface area contributed by atoms with Crippen molar-refractivity contribution in [2.75, 3.05) is 7.11 Å². The smallest absolute Gasteiger partial charge is 0.346 e. The molecule has 0 fully saturated rings. The molecule has 0 aliphatic rings. The molecule has 0 heterocycles. The molecule has 2 aromatic carbocycles. The molecular weight excluding hydrogens is 296 g/mol. The van der Waals surface area contributed by atoms with E-state index < -0.39 is 12.1 Å². The highest BCUT2D eigenvalue weighted by molar-refractivity contribution is 5.84. The van der Waals surface area contributed by atoms with Crippen molar-refractivity contribution >= 4 is 12.3 Å². The molecule has 5 nitrogen and oxygen atoms in total. The molecule has 23 heavy (non-hydrogen) atoms. The Morgan fingerprint density at radius 3 is 2.43 bits per heavy atom. The SMILES string of the molecule is COC(=O)C(C)Oc1cccc(OCc2ccccc2)c1C=O. The van der Waals surface area contributed by atoms with Crippen molar-refractivity contribution in [3.63, 3.8) is 0 Å². The zero-order valence-corrected chi connectivity index (χ0v) is 13.0. The van der Waals surface area contributed by atoms with Gasteiger partial charge < -0.3 is 14.2 Å². The maximum atomic E-state index is 11.4. The highest BCUT2D eigenvalue weighted by Crippen LogP contribution is 2.28. The van der Waals surface area contributed by atoms with Crippen molar-refractivity contribution < 1.29 is 23.8 Å². The van der Waals surface area contributed by atoms with Gasteiger partial charge in [0.1, 0.15) is 18.1 Å². The zero-order valence-electron chi connectivity index (χ0n) is 13.0. The van der Waals surface area contributed by atoms with Gasteiger partial charge in [-0.2, -0.15) is 0 Å². The summed E-state index contributed by atoms with van der Waals surface area (Å²) in [5, 5.41) is 0. The van der Waals surface area contributed by atoms with Crippen LogP contribution in [-0.4, -0.2) is 25.5 Å². The van der Waals surface area contributed by atoms with Gasteiger partial charge in [-0.05, 0) is 24.6 Å². The summed E-state index contributed by atoms with van der Waals surface area (Å²) in [4.78, 5) is 22.8. The molecule has 0 aliphatic heterocycles. The lowest BCUT2D eigenvalue weighted by atomic mass is 10.2. The van der Waals surface area contributed by atoms with Gasteiger partial charge in [0, 0.05) is 0 Å². The summed E-state index contributed by atoms with van der Waals surface area (Å²) < 4.78 is 15.8. The molecule has 0 saturated heterocycles. The van der Waals surface area contributed by atoms with E-state index in [1.165, 1.54) is 7.11 Å². The normalized spacial score (nSPS) is 11.4. The lowest BCUT2D eigenvalue weighted by molar-refractivity contribution is -0.147. The Labute approximate surface area is 134 Å². The van der Waals surface area contributed by atoms with Crippen LogP contribution in [0.5, 0.6) is 11.5 Å². The minimum atomic E-state index is -0.817. The second-order valence-electron chi connectivity index (χ2n) is 4.84. The van der Waals surface area contributed by atoms with Crippen LogP contribution in [0.4, 0.5) is 0 Å². The molecule has 0 amide bonds. The summed E-state index contributed by atoms with van der Waals surface area (Å²) in [5.74, 6) is 0.166. The third-order valence-electron chi connectivity index (χ3n) is 3.22. The number of carbonyl (C=O) groups is 2. The van der Waals surface area contributed by atoms with Crippen LogP contribution in [0.3, 0.4) is 0 Å². The van der Waals surface area contributed by atoms with Gasteiger partial charge in [-0.25, -0.2) is 4.79 Å². The first-order valence-corrected chi connectivity index (χ1v) is 7.15. The number of rotatable bonds is 7. The molecule has 0 spiro atoms. The monoisotopic (exact) mass is 314 g/mol. The van der Waals surface area contributed by atoms with E-state index in [9.17, 15) is 9.59 Å². The summed E-state index contributed by atoms with van der Waals surface area (Å²) >= 11 is 0. The fraction of sp³-hybridized carbons (Fsp3) is 0.222. The molecule has 0 aliphatic carbocycles. The van der Waals surface area contributed by atoms with Crippen molar-refractivity contribution in [3.05, 3.63) is 59.7 Å². The first-order valence-electron chi connectivity index (χ1n) is 7.15. The number of aldehydes is 1. The maximum absolute atomic E-state index is 11.4. The summed E-state index contributed by atoms with van der Waals surface area (Å²) in [6, 6.07) is 14.6. The lowest BCUT2D eigenvalue weighted by Crippen LogP contribution is -2.25. The van der Waals surface area contributed by atoms with Gasteiger partial charge in [-0.3, -0.25) is 4.79 Å². The summed E-state index contributed by atoms with van der Waals surface area (Å²) in [6.45, 7) is 1.88. The average Bonchev–Trinajstić information content (AvgIpc) is 2.60. The van der Waals surface area contributed by atoms with Gasteiger partial charge in [-0.1, -0.05) is 36.4 Å². The van der Waals surface area contributed by atoms with Crippen LogP contribution in [0.2, 0.25) is 0 Å². The number of carbonyl (C=O) groups excluding carboxylic acids is 2. The van der Waals surface area contributed by atoms with E-state index in [4.69, 9.17) is 9.47 Å². The average molecular weight is 314 g/mol. The Morgan fingerprint density at radius 2 is 1.78 bits per heavy atom. The standard InChI is InChI=1S/C18H18O5/c1-13(18(20)21-2)23-17-10-6-9-16(15(17)11-19)22-12-14-7-4-3-5-8-14/h3-11,13H,12H2,1-2H3. The van der Waals surface area contributed by atoms with E-state index in [0.29, 0.717) is 18.6 Å². The van der Waals surface area contributed by atoms with E-state index in [2.05, 4.69) is 4.74 Å². The maximum Gasteiger partial charge on any atom is 0.346 e. The first kappa shape index (κ1) is 16.5. The van der Waals surface area contributed by atoms with Crippen LogP contribution < -0.4 is 9.47 Å². The predicted octanol–water partition coefficient (Wildman–Crippen LogP) is 3.02. The molecule has 5 heteroatoms. The lowest BCUT2D eigenvalue weighted by Gasteiger charge is -2.16. The van der Waals surface area contributed by atoms with Crippen LogP contribution >= 0.6 is 0 Å². The molecule has 0 N–H and O–H groups in total. The van der Waals surface area contributed by atoms with E-state index in [1.54, 1.807) is 25.1 Å². The Balaban J connectivity index is 2.16. The van der Waals surface area contributed by atoms with Gasteiger partial charge in [0.25, 0.3) is 0 Å². The summed E-state index contributed by atoms with van der Waals surface area (Å²) in [6.07, 6.45) is -0.164. The molecule has 2 rings (SSSR count). The van der Waals surface area contributed by atoms with E-state index in [0.717, 1.165) is 5.56 Å². The van der Waals surface area contributed by atoms with Crippen molar-refractivity contribution in [3.8, 4) is 11.5 Å². The van der Waals surface area contributed by atoms with Crippen LogP contribution in [0.25, 0.3) is 0 Å². The van der Waals surface area contributed by atoms with Crippen molar-refractivity contribution in [2.24, 2.45) is 0 Å². The zero-order chi connectivity index (χ0) is 16.7. The second kappa shape index (κ2) is 7.98. The molecule has 0 radical (unpaired) electrons. The van der Waals surface area contributed by atoms with Crippen LogP contribution in [0, 0.1) is 0 Å². The molecule has 2 aromatic rings. The number of ether oxygens (including phenoxy) is 3. The first-order chi connectivity index (χ1) is 11.2. The third-order valence-corrected chi connectivity index (χ3v) is 3.22. The van der Waals surface area contributed by atoms with Crippen LogP contribution in [0.1, 0.15) is 22.8 Å². The third kappa shape index (κ3) is 4.32. The Hall–Kier alpha value is -2.82. The molecule has 0 bridgehead atoms. The minimum absolute atomic E-state index is 0.263. The second-order valence-corrected chi connectivity index (χ2v) is 4.84. The quantitative estimate of drug-likeness (QED) is 0.581. The number of benzene rings is 2. The summed E-state index contributed by atoms with van der Waals surface area (Å²) in [5.41, 5.74) is 1.25.